The molecule has 0 atom stereocenters. The molecule has 19 heavy (non-hydrogen) atoms. The van der Waals surface area contributed by atoms with Crippen LogP contribution in [0.1, 0.15) is 24.1 Å². The lowest BCUT2D eigenvalue weighted by atomic mass is 10.2. The van der Waals surface area contributed by atoms with E-state index < -0.39 is 0 Å². The number of aromatic nitrogens is 1. The number of nitrogens with zero attached hydrogens (tertiary/aromatic N) is 1. The summed E-state index contributed by atoms with van der Waals surface area (Å²) >= 11 is 0. The normalized spacial score (nSPS) is 14.4. The molecule has 0 aliphatic heterocycles. The molecule has 0 bridgehead atoms. The third-order valence-electron chi connectivity index (χ3n) is 3.31. The average Bonchev–Trinajstić information content (AvgIpc) is 3.24. The van der Waals surface area contributed by atoms with E-state index >= 15 is 0 Å². The van der Waals surface area contributed by atoms with Crippen molar-refractivity contribution in [3.8, 4) is 11.5 Å². The molecule has 98 valence electrons. The maximum absolute atomic E-state index is 5.99. The van der Waals surface area contributed by atoms with Crippen LogP contribution in [0.25, 0.3) is 0 Å². The molecule has 0 saturated heterocycles. The lowest BCUT2D eigenvalue weighted by molar-refractivity contribution is 0.466. The fourth-order valence-electron chi connectivity index (χ4n) is 1.99. The highest BCUT2D eigenvalue weighted by atomic mass is 16.5. The molecule has 0 radical (unpaired) electrons. The molecule has 1 heterocycles. The van der Waals surface area contributed by atoms with Crippen molar-refractivity contribution in [1.29, 1.82) is 0 Å². The van der Waals surface area contributed by atoms with Gasteiger partial charge in [0.1, 0.15) is 11.5 Å². The summed E-state index contributed by atoms with van der Waals surface area (Å²) in [6, 6.07) is 12.7. The van der Waals surface area contributed by atoms with Crippen LogP contribution >= 0.6 is 0 Å². The van der Waals surface area contributed by atoms with Crippen LogP contribution in [-0.2, 0) is 6.54 Å². The van der Waals surface area contributed by atoms with Gasteiger partial charge < -0.3 is 10.1 Å². The monoisotopic (exact) mass is 254 g/mol. The molecule has 1 fully saturated rings. The molecule has 0 unspecified atom stereocenters. The molecule has 1 aliphatic rings. The van der Waals surface area contributed by atoms with Crippen LogP contribution in [0, 0.1) is 6.92 Å². The van der Waals surface area contributed by atoms with Crippen molar-refractivity contribution in [2.75, 3.05) is 0 Å². The second-order valence-electron chi connectivity index (χ2n) is 4.95. The Kier molecular flexibility index (Phi) is 3.47. The van der Waals surface area contributed by atoms with Crippen molar-refractivity contribution >= 4 is 0 Å². The van der Waals surface area contributed by atoms with Crippen LogP contribution in [-0.4, -0.2) is 11.0 Å². The van der Waals surface area contributed by atoms with Gasteiger partial charge in [0.25, 0.3) is 0 Å². The van der Waals surface area contributed by atoms with E-state index in [0.29, 0.717) is 6.04 Å². The Morgan fingerprint density at radius 3 is 2.74 bits per heavy atom. The minimum Gasteiger partial charge on any atom is -0.455 e. The SMILES string of the molecule is Cc1ncccc1Oc1ccccc1CNC1CC1. The summed E-state index contributed by atoms with van der Waals surface area (Å²) in [6.45, 7) is 2.82. The van der Waals surface area contributed by atoms with Crippen molar-refractivity contribution in [2.45, 2.75) is 32.4 Å². The molecule has 1 aromatic heterocycles. The van der Waals surface area contributed by atoms with E-state index in [4.69, 9.17) is 4.74 Å². The van der Waals surface area contributed by atoms with E-state index in [2.05, 4.69) is 16.4 Å². The summed E-state index contributed by atoms with van der Waals surface area (Å²) in [5, 5.41) is 3.52. The molecule has 1 N–H and O–H groups in total. The number of hydrogen-bond donors (Lipinski definition) is 1. The smallest absolute Gasteiger partial charge is 0.148 e. The van der Waals surface area contributed by atoms with E-state index in [1.807, 2.05) is 37.3 Å². The summed E-state index contributed by atoms with van der Waals surface area (Å²) in [7, 11) is 0. The first-order valence-electron chi connectivity index (χ1n) is 6.74. The standard InChI is InChI=1S/C16H18N2O/c1-12-15(7-4-10-17-12)19-16-6-3-2-5-13(16)11-18-14-8-9-14/h2-7,10,14,18H,8-9,11H2,1H3. The predicted molar refractivity (Wildman–Crippen MR) is 75.4 cm³/mol. The second kappa shape index (κ2) is 5.41. The summed E-state index contributed by atoms with van der Waals surface area (Å²) in [5.41, 5.74) is 2.10. The number of pyridine rings is 1. The van der Waals surface area contributed by atoms with Gasteiger partial charge in [0.2, 0.25) is 0 Å². The number of rotatable bonds is 5. The Morgan fingerprint density at radius 2 is 1.95 bits per heavy atom. The molecular formula is C16H18N2O. The van der Waals surface area contributed by atoms with E-state index in [9.17, 15) is 0 Å². The van der Waals surface area contributed by atoms with E-state index in [0.717, 1.165) is 23.7 Å². The van der Waals surface area contributed by atoms with Crippen molar-refractivity contribution in [1.82, 2.24) is 10.3 Å². The zero-order valence-corrected chi connectivity index (χ0v) is 11.1. The van der Waals surface area contributed by atoms with Crippen molar-refractivity contribution < 1.29 is 4.74 Å². The highest BCUT2D eigenvalue weighted by Gasteiger charge is 2.20. The molecule has 1 aliphatic carbocycles. The molecule has 3 nitrogen and oxygen atoms in total. The van der Waals surface area contributed by atoms with Crippen molar-refractivity contribution in [2.24, 2.45) is 0 Å². The van der Waals surface area contributed by atoms with Gasteiger partial charge in [0.15, 0.2) is 0 Å². The van der Waals surface area contributed by atoms with Crippen LogP contribution in [0.4, 0.5) is 0 Å². The molecule has 1 saturated carbocycles. The third kappa shape index (κ3) is 3.12. The minimum atomic E-state index is 0.702. The van der Waals surface area contributed by atoms with E-state index in [-0.39, 0.29) is 0 Å². The second-order valence-corrected chi connectivity index (χ2v) is 4.95. The van der Waals surface area contributed by atoms with Crippen LogP contribution < -0.4 is 10.1 Å². The molecule has 0 spiro atoms. The number of ether oxygens (including phenoxy) is 1. The van der Waals surface area contributed by atoms with Gasteiger partial charge >= 0.3 is 0 Å². The van der Waals surface area contributed by atoms with Crippen molar-refractivity contribution in [3.63, 3.8) is 0 Å². The lowest BCUT2D eigenvalue weighted by Gasteiger charge is -2.12. The number of benzene rings is 1. The summed E-state index contributed by atoms with van der Waals surface area (Å²) < 4.78 is 5.99. The minimum absolute atomic E-state index is 0.702. The van der Waals surface area contributed by atoms with Crippen LogP contribution in [0.2, 0.25) is 0 Å². The highest BCUT2D eigenvalue weighted by molar-refractivity contribution is 5.38. The quantitative estimate of drug-likeness (QED) is 0.887. The van der Waals surface area contributed by atoms with Gasteiger partial charge in [0, 0.05) is 24.3 Å². The van der Waals surface area contributed by atoms with Gasteiger partial charge in [-0.3, -0.25) is 4.98 Å². The first-order valence-corrected chi connectivity index (χ1v) is 6.74. The predicted octanol–water partition coefficient (Wildman–Crippen LogP) is 3.43. The van der Waals surface area contributed by atoms with Gasteiger partial charge in [-0.15, -0.1) is 0 Å². The Morgan fingerprint density at radius 1 is 1.16 bits per heavy atom. The molecule has 2 aromatic rings. The Hall–Kier alpha value is -1.87. The van der Waals surface area contributed by atoms with Gasteiger partial charge in [-0.25, -0.2) is 0 Å². The van der Waals surface area contributed by atoms with E-state index in [1.54, 1.807) is 6.20 Å². The number of nitrogens with one attached hydrogen (secondary N) is 1. The average molecular weight is 254 g/mol. The number of para-hydroxylation sites is 1. The zero-order chi connectivity index (χ0) is 13.1. The summed E-state index contributed by atoms with van der Waals surface area (Å²) in [5.74, 6) is 1.73. The molecule has 3 heteroatoms. The fourth-order valence-corrected chi connectivity index (χ4v) is 1.99. The Balaban J connectivity index is 1.77. The van der Waals surface area contributed by atoms with Gasteiger partial charge in [0.05, 0.1) is 5.69 Å². The lowest BCUT2D eigenvalue weighted by Crippen LogP contribution is -2.15. The third-order valence-corrected chi connectivity index (χ3v) is 3.31. The topological polar surface area (TPSA) is 34.1 Å². The molecule has 0 amide bonds. The highest BCUT2D eigenvalue weighted by Crippen LogP contribution is 2.27. The first kappa shape index (κ1) is 12.2. The summed E-state index contributed by atoms with van der Waals surface area (Å²) in [4.78, 5) is 4.25. The molecular weight excluding hydrogens is 236 g/mol. The molecule has 1 aromatic carbocycles. The number of hydrogen-bond acceptors (Lipinski definition) is 3. The zero-order valence-electron chi connectivity index (χ0n) is 11.1. The maximum Gasteiger partial charge on any atom is 0.148 e. The Bertz CT molecular complexity index is 564. The summed E-state index contributed by atoms with van der Waals surface area (Å²) in [6.07, 6.45) is 4.37. The van der Waals surface area contributed by atoms with Crippen LogP contribution in [0.15, 0.2) is 42.6 Å². The maximum atomic E-state index is 5.99. The Labute approximate surface area is 113 Å². The van der Waals surface area contributed by atoms with Gasteiger partial charge in [-0.2, -0.15) is 0 Å². The first-order chi connectivity index (χ1) is 9.33. The largest absolute Gasteiger partial charge is 0.455 e. The van der Waals surface area contributed by atoms with Gasteiger partial charge in [-0.1, -0.05) is 18.2 Å². The van der Waals surface area contributed by atoms with Crippen LogP contribution in [0.5, 0.6) is 11.5 Å². The fraction of sp³-hybridized carbons (Fsp3) is 0.312. The van der Waals surface area contributed by atoms with Crippen molar-refractivity contribution in [3.05, 3.63) is 53.9 Å². The number of aryl methyl sites for hydroxylation is 1. The van der Waals surface area contributed by atoms with Crippen LogP contribution in [0.3, 0.4) is 0 Å². The van der Waals surface area contributed by atoms with Gasteiger partial charge in [-0.05, 0) is 38.0 Å². The molecule has 3 rings (SSSR count). The van der Waals surface area contributed by atoms with E-state index in [1.165, 1.54) is 18.4 Å².